The molecular weight excluding hydrogens is 786 g/mol. The Labute approximate surface area is 328 Å². The van der Waals surface area contributed by atoms with E-state index in [1.807, 2.05) is 0 Å². The molecule has 14 nitrogen and oxygen atoms in total. The number of nitrogens with zero attached hydrogens (tertiary/aromatic N) is 4. The number of carbonyl (C=O) groups is 5. The van der Waals surface area contributed by atoms with E-state index < -0.39 is 35.5 Å². The highest BCUT2D eigenvalue weighted by molar-refractivity contribution is 6.34. The van der Waals surface area contributed by atoms with E-state index in [2.05, 4.69) is 31.1 Å². The maximum absolute atomic E-state index is 13.1. The molecule has 0 saturated carbocycles. The highest BCUT2D eigenvalue weighted by Gasteiger charge is 2.26. The second-order valence-corrected chi connectivity index (χ2v) is 12.8. The van der Waals surface area contributed by atoms with Gasteiger partial charge < -0.3 is 24.8 Å². The van der Waals surface area contributed by atoms with Gasteiger partial charge in [0.2, 0.25) is 12.1 Å². The van der Waals surface area contributed by atoms with Gasteiger partial charge >= 0.3 is 0 Å². The van der Waals surface area contributed by atoms with Crippen LogP contribution < -0.4 is 24.8 Å². The lowest BCUT2D eigenvalue weighted by atomic mass is 10.0. The van der Waals surface area contributed by atoms with Crippen LogP contribution in [0.1, 0.15) is 24.2 Å². The number of halogens is 4. The van der Waals surface area contributed by atoms with Crippen LogP contribution >= 0.6 is 46.4 Å². The average Bonchev–Trinajstić information content (AvgIpc) is 3.13. The van der Waals surface area contributed by atoms with Gasteiger partial charge in [-0.25, -0.2) is 0 Å². The molecule has 4 aromatic carbocycles. The fourth-order valence-corrected chi connectivity index (χ4v) is 5.57. The Balaban J connectivity index is 1.50. The third-order valence-corrected chi connectivity index (χ3v) is 8.72. The van der Waals surface area contributed by atoms with Gasteiger partial charge in [0, 0.05) is 23.8 Å². The van der Waals surface area contributed by atoms with Crippen LogP contribution in [0.25, 0.3) is 11.1 Å². The van der Waals surface area contributed by atoms with Gasteiger partial charge in [0.15, 0.2) is 17.9 Å². The quantitative estimate of drug-likeness (QED) is 0.0675. The number of hydrogen-bond acceptors (Lipinski definition) is 12. The second kappa shape index (κ2) is 18.6. The average molecular weight is 816 g/mol. The highest BCUT2D eigenvalue weighted by atomic mass is 35.5. The zero-order chi connectivity index (χ0) is 39.7. The standard InChI is InChI=1S/C36H30Cl4N6O8/c1-17(48)33(35(50)41-28-12-21(16-47)22(37)13-31(28)53-4)45-43-26-8-6-19(10-23(26)38)20-7-9-27(24(39)11-20)44-46-34(18(2)49)36(51)42-29-15-30(52-3)25(40)14-32(29)54-5/h6-16,33-34H,1-5H3,(H,41,50)(H,42,51)/b45-43+,46-44+. The molecule has 4 rings (SSSR count). The molecule has 2 N–H and O–H groups in total. The van der Waals surface area contributed by atoms with E-state index in [0.717, 1.165) is 0 Å². The van der Waals surface area contributed by atoms with E-state index in [1.165, 1.54) is 71.6 Å². The number of methoxy groups -OCH3 is 3. The minimum absolute atomic E-state index is 0.0985. The first-order valence-electron chi connectivity index (χ1n) is 15.5. The number of benzene rings is 4. The molecule has 0 heterocycles. The maximum atomic E-state index is 13.1. The number of nitrogens with one attached hydrogen (secondary N) is 2. The molecule has 0 aromatic heterocycles. The molecule has 0 aliphatic heterocycles. The number of ketones is 2. The van der Waals surface area contributed by atoms with Crippen LogP contribution in [0, 0.1) is 0 Å². The molecule has 18 heteroatoms. The van der Waals surface area contributed by atoms with E-state index in [-0.39, 0.29) is 65.7 Å². The van der Waals surface area contributed by atoms with Crippen LogP contribution in [-0.4, -0.2) is 63.1 Å². The first-order chi connectivity index (χ1) is 25.7. The minimum Gasteiger partial charge on any atom is -0.495 e. The highest BCUT2D eigenvalue weighted by Crippen LogP contribution is 2.37. The normalized spacial score (nSPS) is 12.2. The lowest BCUT2D eigenvalue weighted by Gasteiger charge is -2.14. The summed E-state index contributed by atoms with van der Waals surface area (Å²) in [7, 11) is 4.14. The number of hydrogen-bond donors (Lipinski definition) is 2. The predicted octanol–water partition coefficient (Wildman–Crippen LogP) is 9.17. The first kappa shape index (κ1) is 41.3. The molecule has 54 heavy (non-hydrogen) atoms. The summed E-state index contributed by atoms with van der Waals surface area (Å²) in [5.41, 5.74) is 1.96. The summed E-state index contributed by atoms with van der Waals surface area (Å²) in [6.07, 6.45) is 0.508. The Bertz CT molecular complexity index is 2200. The summed E-state index contributed by atoms with van der Waals surface area (Å²) in [5.74, 6) is -2.14. The van der Waals surface area contributed by atoms with Crippen LogP contribution in [0.15, 0.2) is 81.1 Å². The van der Waals surface area contributed by atoms with E-state index in [9.17, 15) is 24.0 Å². The molecule has 0 aliphatic carbocycles. The van der Waals surface area contributed by atoms with Crippen molar-refractivity contribution in [1.82, 2.24) is 0 Å². The molecule has 0 bridgehead atoms. The molecule has 0 fully saturated rings. The number of aldehydes is 1. The SMILES string of the molecule is COc1cc(NC(=O)C(/N=N/c2ccc(-c3ccc(/N=N/C(C(C)=O)C(=O)Nc4cc(C=O)c(Cl)cc4OC)c(Cl)c3)cc2Cl)C(C)=O)c(OC)cc1Cl. The van der Waals surface area contributed by atoms with Crippen LogP contribution in [0.4, 0.5) is 22.7 Å². The molecule has 2 amide bonds. The molecular formula is C36H30Cl4N6O8. The summed E-state index contributed by atoms with van der Waals surface area (Å²) in [5, 5.41) is 21.7. The van der Waals surface area contributed by atoms with Crippen LogP contribution in [0.5, 0.6) is 17.2 Å². The van der Waals surface area contributed by atoms with Crippen molar-refractivity contribution >= 4 is 98.8 Å². The van der Waals surface area contributed by atoms with Crippen molar-refractivity contribution in [2.75, 3.05) is 32.0 Å². The Morgan fingerprint density at radius 3 is 1.41 bits per heavy atom. The minimum atomic E-state index is -1.56. The van der Waals surface area contributed by atoms with Crippen molar-refractivity contribution < 1.29 is 38.2 Å². The second-order valence-electron chi connectivity index (χ2n) is 11.1. The summed E-state index contributed by atoms with van der Waals surface area (Å²) in [6, 6.07) is 12.0. The van der Waals surface area contributed by atoms with Gasteiger partial charge in [-0.2, -0.15) is 20.5 Å². The van der Waals surface area contributed by atoms with E-state index >= 15 is 0 Å². The fourth-order valence-electron chi connectivity index (χ4n) is 4.70. The van der Waals surface area contributed by atoms with E-state index in [4.69, 9.17) is 60.6 Å². The molecule has 4 aromatic rings. The Hall–Kier alpha value is -5.41. The number of ether oxygens (including phenoxy) is 3. The number of anilines is 2. The Morgan fingerprint density at radius 2 is 1.02 bits per heavy atom. The van der Waals surface area contributed by atoms with E-state index in [1.54, 1.807) is 24.3 Å². The molecule has 2 unspecified atom stereocenters. The summed E-state index contributed by atoms with van der Waals surface area (Å²) in [4.78, 5) is 62.2. The monoisotopic (exact) mass is 814 g/mol. The molecule has 0 radical (unpaired) electrons. The van der Waals surface area contributed by atoms with Crippen molar-refractivity contribution in [3.63, 3.8) is 0 Å². The lowest BCUT2D eigenvalue weighted by Crippen LogP contribution is -2.32. The van der Waals surface area contributed by atoms with Crippen molar-refractivity contribution in [2.45, 2.75) is 25.9 Å². The molecule has 0 saturated heterocycles. The summed E-state index contributed by atoms with van der Waals surface area (Å²) >= 11 is 25.2. The van der Waals surface area contributed by atoms with Crippen molar-refractivity contribution in [1.29, 1.82) is 0 Å². The lowest BCUT2D eigenvalue weighted by molar-refractivity contribution is -0.127. The van der Waals surface area contributed by atoms with Gasteiger partial charge in [-0.3, -0.25) is 24.0 Å². The topological polar surface area (TPSA) is 187 Å². The van der Waals surface area contributed by atoms with Gasteiger partial charge in [-0.05, 0) is 55.3 Å². The third-order valence-electron chi connectivity index (χ3n) is 7.49. The van der Waals surface area contributed by atoms with Crippen LogP contribution in [0.2, 0.25) is 20.1 Å². The number of amides is 2. The van der Waals surface area contributed by atoms with Crippen LogP contribution in [0.3, 0.4) is 0 Å². The molecule has 0 aliphatic rings. The van der Waals surface area contributed by atoms with Gasteiger partial charge in [0.1, 0.15) is 28.6 Å². The Morgan fingerprint density at radius 1 is 0.593 bits per heavy atom. The van der Waals surface area contributed by atoms with Crippen molar-refractivity contribution in [3.05, 3.63) is 86.3 Å². The zero-order valence-corrected chi connectivity index (χ0v) is 32.1. The number of azo groups is 2. The van der Waals surface area contributed by atoms with Gasteiger partial charge in [-0.1, -0.05) is 58.5 Å². The maximum Gasteiger partial charge on any atom is 0.258 e. The largest absolute Gasteiger partial charge is 0.495 e. The number of Topliss-reactive ketones (excluding diaryl/α,β-unsaturated/α-hetero) is 2. The summed E-state index contributed by atoms with van der Waals surface area (Å²) in [6.45, 7) is 2.36. The van der Waals surface area contributed by atoms with Gasteiger partial charge in [0.25, 0.3) is 11.8 Å². The molecule has 2 atom stereocenters. The van der Waals surface area contributed by atoms with Crippen LogP contribution in [-0.2, 0) is 19.2 Å². The number of carbonyl (C=O) groups excluding carboxylic acids is 5. The molecule has 280 valence electrons. The summed E-state index contributed by atoms with van der Waals surface area (Å²) < 4.78 is 15.7. The zero-order valence-electron chi connectivity index (χ0n) is 29.1. The smallest absolute Gasteiger partial charge is 0.258 e. The molecule has 0 spiro atoms. The van der Waals surface area contributed by atoms with Crippen molar-refractivity contribution in [2.24, 2.45) is 20.5 Å². The van der Waals surface area contributed by atoms with Gasteiger partial charge in [0.05, 0.1) is 52.8 Å². The fraction of sp³-hybridized carbons (Fsp3) is 0.194. The first-order valence-corrected chi connectivity index (χ1v) is 17.0. The van der Waals surface area contributed by atoms with E-state index in [0.29, 0.717) is 17.4 Å². The van der Waals surface area contributed by atoms with Crippen molar-refractivity contribution in [3.8, 4) is 28.4 Å². The van der Waals surface area contributed by atoms with Gasteiger partial charge in [-0.15, -0.1) is 0 Å². The Kier molecular flexibility index (Phi) is 14.2. The third kappa shape index (κ3) is 9.96. The number of rotatable bonds is 15. The predicted molar refractivity (Wildman–Crippen MR) is 205 cm³/mol.